The van der Waals surface area contributed by atoms with E-state index in [1.54, 1.807) is 0 Å². The molecule has 2 saturated heterocycles. The summed E-state index contributed by atoms with van der Waals surface area (Å²) < 4.78 is 0. The van der Waals surface area contributed by atoms with E-state index in [1.165, 1.54) is 0 Å². The molecule has 2 N–H and O–H groups in total. The molecule has 0 aromatic carbocycles. The van der Waals surface area contributed by atoms with Gasteiger partial charge in [-0.2, -0.15) is 0 Å². The second-order valence-electron chi connectivity index (χ2n) is 5.69. The van der Waals surface area contributed by atoms with Gasteiger partial charge in [0.15, 0.2) is 0 Å². The van der Waals surface area contributed by atoms with E-state index in [0.29, 0.717) is 12.0 Å². The normalized spacial score (nSPS) is 35.5. The van der Waals surface area contributed by atoms with Gasteiger partial charge in [-0.1, -0.05) is 6.92 Å². The number of carbonyl (C=O) groups is 1. The molecule has 3 atom stereocenters. The van der Waals surface area contributed by atoms with Gasteiger partial charge in [0.1, 0.15) is 0 Å². The van der Waals surface area contributed by atoms with Crippen LogP contribution in [0.4, 0.5) is 0 Å². The largest absolute Gasteiger partial charge is 0.353 e. The predicted octanol–water partition coefficient (Wildman–Crippen LogP) is 0.442. The number of rotatable bonds is 2. The molecule has 3 unspecified atom stereocenters. The number of likely N-dealkylation sites (tertiary alicyclic amines) is 1. The van der Waals surface area contributed by atoms with Crippen LogP contribution in [0.3, 0.4) is 0 Å². The lowest BCUT2D eigenvalue weighted by Gasteiger charge is -2.36. The standard InChI is InChI=1S/C13H25N3O/c1-10-9-16(2)7-5-12(10)15-13(17)11-4-3-6-14-8-11/h10-12,14H,3-9H2,1-2H3,(H,15,17). The zero-order valence-electron chi connectivity index (χ0n) is 11.0. The van der Waals surface area contributed by atoms with Crippen molar-refractivity contribution in [2.24, 2.45) is 11.8 Å². The Morgan fingerprint density at radius 1 is 1.41 bits per heavy atom. The number of amides is 1. The number of nitrogens with one attached hydrogen (secondary N) is 2. The van der Waals surface area contributed by atoms with E-state index in [-0.39, 0.29) is 11.8 Å². The lowest BCUT2D eigenvalue weighted by molar-refractivity contribution is -0.126. The highest BCUT2D eigenvalue weighted by atomic mass is 16.2. The van der Waals surface area contributed by atoms with Gasteiger partial charge in [0.25, 0.3) is 0 Å². The van der Waals surface area contributed by atoms with Crippen molar-refractivity contribution in [2.45, 2.75) is 32.2 Å². The Hall–Kier alpha value is -0.610. The summed E-state index contributed by atoms with van der Waals surface area (Å²) in [5, 5.41) is 6.56. The summed E-state index contributed by atoms with van der Waals surface area (Å²) in [7, 11) is 2.15. The Morgan fingerprint density at radius 3 is 2.88 bits per heavy atom. The van der Waals surface area contributed by atoms with E-state index in [9.17, 15) is 4.79 Å². The van der Waals surface area contributed by atoms with Crippen molar-refractivity contribution < 1.29 is 4.79 Å². The van der Waals surface area contributed by atoms with Gasteiger partial charge in [-0.25, -0.2) is 0 Å². The van der Waals surface area contributed by atoms with Crippen LogP contribution in [0.5, 0.6) is 0 Å². The van der Waals surface area contributed by atoms with E-state index in [1.807, 2.05) is 0 Å². The molecule has 4 heteroatoms. The lowest BCUT2D eigenvalue weighted by Crippen LogP contribution is -2.51. The molecule has 2 rings (SSSR count). The summed E-state index contributed by atoms with van der Waals surface area (Å²) in [6.07, 6.45) is 3.25. The molecule has 0 saturated carbocycles. The first-order valence-electron chi connectivity index (χ1n) is 6.86. The third-order valence-electron chi connectivity index (χ3n) is 4.10. The third-order valence-corrected chi connectivity index (χ3v) is 4.10. The van der Waals surface area contributed by atoms with Gasteiger partial charge < -0.3 is 15.5 Å². The van der Waals surface area contributed by atoms with Crippen LogP contribution in [0.2, 0.25) is 0 Å². The number of nitrogens with zero attached hydrogens (tertiary/aromatic N) is 1. The molecule has 98 valence electrons. The summed E-state index contributed by atoms with van der Waals surface area (Å²) in [5.74, 6) is 1.02. The molecule has 1 amide bonds. The maximum Gasteiger partial charge on any atom is 0.224 e. The molecule has 0 aliphatic carbocycles. The average Bonchev–Trinajstić information content (AvgIpc) is 2.34. The minimum Gasteiger partial charge on any atom is -0.353 e. The number of carbonyl (C=O) groups excluding carboxylic acids is 1. The Balaban J connectivity index is 1.81. The van der Waals surface area contributed by atoms with Crippen molar-refractivity contribution in [1.29, 1.82) is 0 Å². The molecule has 4 nitrogen and oxygen atoms in total. The van der Waals surface area contributed by atoms with Gasteiger partial charge in [0, 0.05) is 19.1 Å². The minimum absolute atomic E-state index is 0.190. The number of hydrogen-bond donors (Lipinski definition) is 2. The molecule has 0 bridgehead atoms. The summed E-state index contributed by atoms with van der Waals surface area (Å²) in [5.41, 5.74) is 0. The highest BCUT2D eigenvalue weighted by molar-refractivity contribution is 5.79. The molecule has 2 aliphatic rings. The summed E-state index contributed by atoms with van der Waals surface area (Å²) in [6, 6.07) is 0.376. The summed E-state index contributed by atoms with van der Waals surface area (Å²) in [4.78, 5) is 14.5. The zero-order chi connectivity index (χ0) is 12.3. The van der Waals surface area contributed by atoms with E-state index in [4.69, 9.17) is 0 Å². The van der Waals surface area contributed by atoms with E-state index in [0.717, 1.165) is 45.4 Å². The molecule has 2 heterocycles. The van der Waals surface area contributed by atoms with Crippen LogP contribution in [0.1, 0.15) is 26.2 Å². The van der Waals surface area contributed by atoms with Crippen LogP contribution in [-0.2, 0) is 4.79 Å². The molecular formula is C13H25N3O. The van der Waals surface area contributed by atoms with Crippen molar-refractivity contribution in [3.63, 3.8) is 0 Å². The van der Waals surface area contributed by atoms with Gasteiger partial charge in [0.05, 0.1) is 5.92 Å². The lowest BCUT2D eigenvalue weighted by atomic mass is 9.92. The second kappa shape index (κ2) is 5.83. The summed E-state index contributed by atoms with van der Waals surface area (Å²) in [6.45, 7) is 6.34. The van der Waals surface area contributed by atoms with Crippen LogP contribution in [0.15, 0.2) is 0 Å². The van der Waals surface area contributed by atoms with Crippen LogP contribution < -0.4 is 10.6 Å². The fourth-order valence-electron chi connectivity index (χ4n) is 2.94. The average molecular weight is 239 g/mol. The molecule has 2 aliphatic heterocycles. The van der Waals surface area contributed by atoms with E-state index >= 15 is 0 Å². The predicted molar refractivity (Wildman–Crippen MR) is 68.8 cm³/mol. The van der Waals surface area contributed by atoms with Crippen molar-refractivity contribution >= 4 is 5.91 Å². The molecule has 0 radical (unpaired) electrons. The molecule has 17 heavy (non-hydrogen) atoms. The Labute approximate surface area is 104 Å². The van der Waals surface area contributed by atoms with Crippen molar-refractivity contribution in [3.05, 3.63) is 0 Å². The zero-order valence-corrected chi connectivity index (χ0v) is 11.0. The fraction of sp³-hybridized carbons (Fsp3) is 0.923. The topological polar surface area (TPSA) is 44.4 Å². The van der Waals surface area contributed by atoms with E-state index in [2.05, 4.69) is 29.5 Å². The van der Waals surface area contributed by atoms with Gasteiger partial charge in [-0.05, 0) is 45.3 Å². The number of hydrogen-bond acceptors (Lipinski definition) is 3. The van der Waals surface area contributed by atoms with Crippen molar-refractivity contribution in [1.82, 2.24) is 15.5 Å². The monoisotopic (exact) mass is 239 g/mol. The summed E-state index contributed by atoms with van der Waals surface area (Å²) >= 11 is 0. The van der Waals surface area contributed by atoms with Crippen molar-refractivity contribution in [3.8, 4) is 0 Å². The maximum atomic E-state index is 12.1. The van der Waals surface area contributed by atoms with E-state index < -0.39 is 0 Å². The Morgan fingerprint density at radius 2 is 2.24 bits per heavy atom. The SMILES string of the molecule is CC1CN(C)CCC1NC(=O)C1CCCNC1. The van der Waals surface area contributed by atoms with Gasteiger partial charge in [-0.15, -0.1) is 0 Å². The highest BCUT2D eigenvalue weighted by Gasteiger charge is 2.28. The first kappa shape index (κ1) is 12.8. The van der Waals surface area contributed by atoms with Crippen LogP contribution >= 0.6 is 0 Å². The van der Waals surface area contributed by atoms with Crippen LogP contribution in [0.25, 0.3) is 0 Å². The van der Waals surface area contributed by atoms with Gasteiger partial charge >= 0.3 is 0 Å². The second-order valence-corrected chi connectivity index (χ2v) is 5.69. The fourth-order valence-corrected chi connectivity index (χ4v) is 2.94. The highest BCUT2D eigenvalue weighted by Crippen LogP contribution is 2.17. The van der Waals surface area contributed by atoms with Gasteiger partial charge in [-0.3, -0.25) is 4.79 Å². The van der Waals surface area contributed by atoms with Gasteiger partial charge in [0.2, 0.25) is 5.91 Å². The van der Waals surface area contributed by atoms with Crippen molar-refractivity contribution in [2.75, 3.05) is 33.2 Å². The molecule has 2 fully saturated rings. The quantitative estimate of drug-likeness (QED) is 0.735. The maximum absolute atomic E-state index is 12.1. The van der Waals surface area contributed by atoms with Crippen LogP contribution in [0, 0.1) is 11.8 Å². The molecule has 0 spiro atoms. The molecular weight excluding hydrogens is 214 g/mol. The Bertz CT molecular complexity index is 263. The Kier molecular flexibility index (Phi) is 4.40. The minimum atomic E-state index is 0.190. The third kappa shape index (κ3) is 3.42. The molecule has 0 aromatic rings. The molecule has 0 aromatic heterocycles. The first-order valence-corrected chi connectivity index (χ1v) is 6.86. The van der Waals surface area contributed by atoms with Crippen LogP contribution in [-0.4, -0.2) is 50.1 Å². The number of piperidine rings is 2. The first-order chi connectivity index (χ1) is 8.16. The smallest absolute Gasteiger partial charge is 0.224 e.